The van der Waals surface area contributed by atoms with Crippen molar-refractivity contribution in [3.63, 3.8) is 0 Å². The van der Waals surface area contributed by atoms with Crippen molar-refractivity contribution in [3.05, 3.63) is 100 Å². The number of fused-ring (bicyclic) bond motifs is 9. The maximum absolute atomic E-state index is 13.1. The van der Waals surface area contributed by atoms with Crippen LogP contribution in [0.4, 0.5) is 15.3 Å². The fourth-order valence-corrected chi connectivity index (χ4v) is 10.3. The molecule has 10 heteroatoms. The number of rotatable bonds is 4. The minimum Gasteiger partial charge on any atom is -0.453 e. The van der Waals surface area contributed by atoms with Gasteiger partial charge in [-0.3, -0.25) is 0 Å². The summed E-state index contributed by atoms with van der Waals surface area (Å²) >= 11 is 0. The highest BCUT2D eigenvalue weighted by Gasteiger charge is 2.59. The summed E-state index contributed by atoms with van der Waals surface area (Å²) in [5, 5.41) is 20.9. The first-order valence-electron chi connectivity index (χ1n) is 17.3. The molecule has 0 N–H and O–H groups in total. The zero-order valence-electron chi connectivity index (χ0n) is 27.5. The Bertz CT molecular complexity index is 1890. The van der Waals surface area contributed by atoms with Gasteiger partial charge in [-0.05, 0) is 90.3 Å². The molecule has 4 aliphatic carbocycles. The van der Waals surface area contributed by atoms with Crippen molar-refractivity contribution in [1.82, 2.24) is 9.80 Å². The number of methoxy groups -OCH3 is 2. The van der Waals surface area contributed by atoms with Gasteiger partial charge in [-0.15, -0.1) is 0 Å². The molecule has 6 atom stereocenters. The van der Waals surface area contributed by atoms with Gasteiger partial charge in [0.05, 0.1) is 32.0 Å². The number of amides is 2. The first kappa shape index (κ1) is 29.5. The molecular formula is C38H40N6O4. The van der Waals surface area contributed by atoms with Crippen molar-refractivity contribution in [1.29, 1.82) is 0 Å². The van der Waals surface area contributed by atoms with Crippen LogP contribution in [0, 0.1) is 5.92 Å². The Labute approximate surface area is 280 Å². The number of hydrogen-bond donors (Lipinski definition) is 0. The van der Waals surface area contributed by atoms with Crippen molar-refractivity contribution in [2.24, 2.45) is 26.4 Å². The number of carbonyl (C=O) groups excluding carboxylic acids is 2. The highest BCUT2D eigenvalue weighted by Crippen LogP contribution is 2.58. The van der Waals surface area contributed by atoms with Crippen molar-refractivity contribution >= 4 is 17.9 Å². The summed E-state index contributed by atoms with van der Waals surface area (Å²) < 4.78 is 10.4. The van der Waals surface area contributed by atoms with Crippen LogP contribution >= 0.6 is 0 Å². The fraction of sp³-hybridized carbons (Fsp3) is 0.474. The molecule has 10 nitrogen and oxygen atoms in total. The van der Waals surface area contributed by atoms with E-state index in [-0.39, 0.29) is 29.8 Å². The van der Waals surface area contributed by atoms with Gasteiger partial charge >= 0.3 is 12.2 Å². The number of carbonyl (C=O) groups is 2. The first-order valence-corrected chi connectivity index (χ1v) is 17.3. The molecular weight excluding hydrogens is 604 g/mol. The van der Waals surface area contributed by atoms with Crippen LogP contribution in [-0.2, 0) is 45.4 Å². The molecule has 3 aromatic rings. The maximum atomic E-state index is 13.1. The van der Waals surface area contributed by atoms with Gasteiger partial charge < -0.3 is 19.3 Å². The quantitative estimate of drug-likeness (QED) is 0.277. The Balaban J connectivity index is 1.13. The van der Waals surface area contributed by atoms with Crippen LogP contribution in [0.2, 0.25) is 0 Å². The van der Waals surface area contributed by atoms with Crippen LogP contribution in [0.25, 0.3) is 0 Å². The average molecular weight is 645 g/mol. The molecule has 2 amide bonds. The highest BCUT2D eigenvalue weighted by atomic mass is 16.5. The van der Waals surface area contributed by atoms with Gasteiger partial charge in [-0.1, -0.05) is 67.1 Å². The Kier molecular flexibility index (Phi) is 6.59. The van der Waals surface area contributed by atoms with Gasteiger partial charge in [0, 0.05) is 13.1 Å². The molecule has 0 bridgehead atoms. The first-order chi connectivity index (χ1) is 23.4. The molecule has 0 unspecified atom stereocenters. The lowest BCUT2D eigenvalue weighted by atomic mass is 9.86. The van der Waals surface area contributed by atoms with E-state index in [1.54, 1.807) is 4.90 Å². The topological polar surface area (TPSA) is 109 Å². The molecule has 0 spiro atoms. The fourth-order valence-electron chi connectivity index (χ4n) is 10.3. The van der Waals surface area contributed by atoms with E-state index in [0.29, 0.717) is 44.7 Å². The van der Waals surface area contributed by atoms with E-state index in [4.69, 9.17) is 29.9 Å². The summed E-state index contributed by atoms with van der Waals surface area (Å²) in [5.74, 6) is 0.449. The van der Waals surface area contributed by atoms with Gasteiger partial charge in [-0.2, -0.15) is 20.5 Å². The van der Waals surface area contributed by atoms with Crippen LogP contribution in [0.1, 0.15) is 65.5 Å². The second-order valence-electron chi connectivity index (χ2n) is 14.4. The van der Waals surface area contributed by atoms with Crippen LogP contribution in [0.15, 0.2) is 87.2 Å². The van der Waals surface area contributed by atoms with Crippen LogP contribution < -0.4 is 0 Å². The Morgan fingerprint density at radius 3 is 1.96 bits per heavy atom. The molecule has 0 aromatic heterocycles. The monoisotopic (exact) mass is 644 g/mol. The average Bonchev–Trinajstić information content (AvgIpc) is 3.94. The largest absolute Gasteiger partial charge is 0.453 e. The van der Waals surface area contributed by atoms with E-state index >= 15 is 0 Å². The maximum Gasteiger partial charge on any atom is 0.409 e. The number of hydrogen-bond acceptors (Lipinski definition) is 8. The third-order valence-electron chi connectivity index (χ3n) is 12.5. The second-order valence-corrected chi connectivity index (χ2v) is 14.4. The summed E-state index contributed by atoms with van der Waals surface area (Å²) in [5.41, 5.74) is 6.26. The molecule has 3 fully saturated rings. The summed E-state index contributed by atoms with van der Waals surface area (Å²) in [6.07, 6.45) is 6.30. The third kappa shape index (κ3) is 3.91. The van der Waals surface area contributed by atoms with E-state index in [2.05, 4.69) is 42.5 Å². The number of azo groups is 2. The van der Waals surface area contributed by atoms with Crippen molar-refractivity contribution in [2.45, 2.75) is 80.1 Å². The lowest BCUT2D eigenvalue weighted by Crippen LogP contribution is -2.42. The molecule has 0 radical (unpaired) electrons. The molecule has 2 heterocycles. The summed E-state index contributed by atoms with van der Waals surface area (Å²) in [7, 11) is 2.87. The minimum absolute atomic E-state index is 0.162. The predicted octanol–water partition coefficient (Wildman–Crippen LogP) is 7.36. The van der Waals surface area contributed by atoms with Crippen molar-refractivity contribution in [3.8, 4) is 0 Å². The molecule has 48 heavy (non-hydrogen) atoms. The summed E-state index contributed by atoms with van der Waals surface area (Å²) in [4.78, 5) is 29.6. The van der Waals surface area contributed by atoms with E-state index in [0.717, 1.165) is 48.1 Å². The second kappa shape index (κ2) is 10.7. The van der Waals surface area contributed by atoms with Crippen LogP contribution in [0.3, 0.4) is 0 Å². The standard InChI is InChI=1S/C38H40N6O4/c1-47-34(45)43-19-17-37(29-13-6-4-10-25(29)22-32(37)43)40-39-31-15-7-14-30-27(31)23-33-38(30,18-20-44(33)35(46)48-2)42-41-36-16-8-11-26(36)21-24-9-3-5-12-28(24)36/h3-7,9-10,12-15,26,32-33H,8,11,16-23H2,1-2H3/t26-,32-,33+,36+,37-,38+/m0/s1. The van der Waals surface area contributed by atoms with Gasteiger partial charge in [0.2, 0.25) is 0 Å². The van der Waals surface area contributed by atoms with Gasteiger partial charge in [0.15, 0.2) is 0 Å². The molecule has 2 aliphatic heterocycles. The molecule has 6 aliphatic rings. The molecule has 1 saturated carbocycles. The Morgan fingerprint density at radius 1 is 0.667 bits per heavy atom. The molecule has 246 valence electrons. The number of likely N-dealkylation sites (tertiary alicyclic amines) is 2. The lowest BCUT2D eigenvalue weighted by Gasteiger charge is -2.31. The Hall–Kier alpha value is -4.60. The number of nitrogens with zero attached hydrogens (tertiary/aromatic N) is 6. The van der Waals surface area contributed by atoms with Gasteiger partial charge in [-0.25, -0.2) is 9.59 Å². The van der Waals surface area contributed by atoms with E-state index < -0.39 is 11.1 Å². The van der Waals surface area contributed by atoms with Crippen LogP contribution in [0.5, 0.6) is 0 Å². The van der Waals surface area contributed by atoms with Gasteiger partial charge in [0.25, 0.3) is 0 Å². The smallest absolute Gasteiger partial charge is 0.409 e. The third-order valence-corrected chi connectivity index (χ3v) is 12.5. The lowest BCUT2D eigenvalue weighted by molar-refractivity contribution is 0.112. The van der Waals surface area contributed by atoms with Crippen molar-refractivity contribution < 1.29 is 19.1 Å². The molecule has 9 rings (SSSR count). The summed E-state index contributed by atoms with van der Waals surface area (Å²) in [6.45, 7) is 1.11. The predicted molar refractivity (Wildman–Crippen MR) is 177 cm³/mol. The van der Waals surface area contributed by atoms with E-state index in [9.17, 15) is 9.59 Å². The Morgan fingerprint density at radius 2 is 1.25 bits per heavy atom. The molecule has 3 aromatic carbocycles. The van der Waals surface area contributed by atoms with Crippen molar-refractivity contribution in [2.75, 3.05) is 27.3 Å². The summed E-state index contributed by atoms with van der Waals surface area (Å²) in [6, 6.07) is 22.8. The number of ether oxygens (including phenoxy) is 2. The highest BCUT2D eigenvalue weighted by molar-refractivity contribution is 5.71. The molecule has 2 saturated heterocycles. The zero-order valence-corrected chi connectivity index (χ0v) is 27.5. The zero-order chi connectivity index (χ0) is 32.7. The normalized spacial score (nSPS) is 32.3. The van der Waals surface area contributed by atoms with Crippen LogP contribution in [-0.4, -0.2) is 61.4 Å². The van der Waals surface area contributed by atoms with Gasteiger partial charge in [0.1, 0.15) is 16.6 Å². The SMILES string of the molecule is COC(=O)N1CC[C@]2(N=Nc3cccc4c3C[C@H]3N(C(=O)OC)CC[C@@]43N=N[C@]34CCC[C@H]3Cc3ccccc34)c3ccccc3C[C@H]12. The number of benzene rings is 3. The van der Waals surface area contributed by atoms with E-state index in [1.807, 2.05) is 29.2 Å². The minimum atomic E-state index is -0.690. The van der Waals surface area contributed by atoms with E-state index in [1.165, 1.54) is 30.9 Å².